The van der Waals surface area contributed by atoms with E-state index in [1.807, 2.05) is 0 Å². The third-order valence-corrected chi connectivity index (χ3v) is 5.64. The van der Waals surface area contributed by atoms with Crippen molar-refractivity contribution < 1.29 is 19.0 Å². The van der Waals surface area contributed by atoms with Gasteiger partial charge in [0.05, 0.1) is 34.1 Å². The monoisotopic (exact) mass is 428 g/mol. The lowest BCUT2D eigenvalue weighted by molar-refractivity contribution is -0.148. The van der Waals surface area contributed by atoms with Gasteiger partial charge in [-0.1, -0.05) is 6.07 Å². The molecule has 1 aliphatic carbocycles. The molecule has 2 heterocycles. The van der Waals surface area contributed by atoms with Gasteiger partial charge in [-0.2, -0.15) is 5.26 Å². The van der Waals surface area contributed by atoms with Gasteiger partial charge in [-0.15, -0.1) is 0 Å². The number of pyridine rings is 1. The van der Waals surface area contributed by atoms with Crippen LogP contribution in [0.3, 0.4) is 0 Å². The highest BCUT2D eigenvalue weighted by Gasteiger charge is 2.36. The molecule has 0 atom stereocenters. The first-order valence-corrected chi connectivity index (χ1v) is 10.1. The number of fused-ring (bicyclic) bond motifs is 1. The third kappa shape index (κ3) is 3.65. The van der Waals surface area contributed by atoms with Crippen LogP contribution in [0, 0.1) is 23.1 Å². The van der Waals surface area contributed by atoms with E-state index in [4.69, 9.17) is 15.1 Å². The van der Waals surface area contributed by atoms with Crippen molar-refractivity contribution in [3.63, 3.8) is 0 Å². The number of aliphatic carboxylic acids is 1. The van der Waals surface area contributed by atoms with Gasteiger partial charge in [-0.3, -0.25) is 4.79 Å². The van der Waals surface area contributed by atoms with Crippen LogP contribution in [-0.2, 0) is 4.79 Å². The number of aromatic amines is 1. The van der Waals surface area contributed by atoms with Crippen LogP contribution in [0.2, 0.25) is 0 Å². The van der Waals surface area contributed by atoms with E-state index in [0.29, 0.717) is 52.3 Å². The summed E-state index contributed by atoms with van der Waals surface area (Å²) in [5, 5.41) is 18.0. The Balaban J connectivity index is 1.33. The summed E-state index contributed by atoms with van der Waals surface area (Å²) >= 11 is 0. The second-order valence-electron chi connectivity index (χ2n) is 7.76. The van der Waals surface area contributed by atoms with Crippen LogP contribution >= 0.6 is 0 Å². The topological polar surface area (TPSA) is 112 Å². The molecule has 0 unspecified atom stereocenters. The maximum absolute atomic E-state index is 14.9. The van der Waals surface area contributed by atoms with Gasteiger partial charge < -0.3 is 14.8 Å². The number of hydrogen-bond acceptors (Lipinski definition) is 5. The summed E-state index contributed by atoms with van der Waals surface area (Å²) in [6.07, 6.45) is 2.41. The van der Waals surface area contributed by atoms with E-state index < -0.39 is 11.8 Å². The minimum atomic E-state index is -0.798. The molecule has 2 N–H and O–H groups in total. The number of hydrogen-bond donors (Lipinski definition) is 2. The average molecular weight is 428 g/mol. The van der Waals surface area contributed by atoms with Gasteiger partial charge >= 0.3 is 5.97 Å². The number of nitrogens with zero attached hydrogens (tertiary/aromatic N) is 3. The smallest absolute Gasteiger partial charge is 0.306 e. The predicted molar refractivity (Wildman–Crippen MR) is 114 cm³/mol. The fourth-order valence-electron chi connectivity index (χ4n) is 3.75. The standard InChI is InChI=1S/C24H17FN4O3/c25-19-10-14(15-3-6-22(27-12-15)32-17-8-16(9-17)24(30)31)2-4-18(19)23-28-20-5-1-13(11-26)7-21(20)29-23/h1-7,10,12,16-17H,8-9H2,(H,28,29)(H,30,31)/t16-,17+. The number of benzene rings is 2. The zero-order valence-electron chi connectivity index (χ0n) is 16.7. The highest BCUT2D eigenvalue weighted by molar-refractivity contribution is 5.81. The average Bonchev–Trinajstić information content (AvgIpc) is 3.18. The Bertz CT molecular complexity index is 1370. The van der Waals surface area contributed by atoms with E-state index in [1.165, 1.54) is 6.07 Å². The van der Waals surface area contributed by atoms with E-state index in [9.17, 15) is 9.18 Å². The molecule has 0 saturated heterocycles. The number of rotatable bonds is 5. The molecule has 5 rings (SSSR count). The lowest BCUT2D eigenvalue weighted by atomic mass is 9.82. The Labute approximate surface area is 182 Å². The Kier molecular flexibility index (Phi) is 4.79. The van der Waals surface area contributed by atoms with E-state index in [-0.39, 0.29) is 12.0 Å². The minimum absolute atomic E-state index is 0.140. The van der Waals surface area contributed by atoms with E-state index >= 15 is 0 Å². The van der Waals surface area contributed by atoms with Crippen molar-refractivity contribution >= 4 is 17.0 Å². The summed E-state index contributed by atoms with van der Waals surface area (Å²) in [6.45, 7) is 0. The van der Waals surface area contributed by atoms with Gasteiger partial charge in [0, 0.05) is 17.8 Å². The summed E-state index contributed by atoms with van der Waals surface area (Å²) < 4.78 is 20.6. The van der Waals surface area contributed by atoms with Gasteiger partial charge in [-0.25, -0.2) is 14.4 Å². The van der Waals surface area contributed by atoms with Gasteiger partial charge in [0.15, 0.2) is 0 Å². The summed E-state index contributed by atoms with van der Waals surface area (Å²) in [6, 6.07) is 15.5. The van der Waals surface area contributed by atoms with Crippen LogP contribution in [0.1, 0.15) is 18.4 Å². The van der Waals surface area contributed by atoms with Crippen LogP contribution in [0.4, 0.5) is 4.39 Å². The second kappa shape index (κ2) is 7.78. The quantitative estimate of drug-likeness (QED) is 0.482. The van der Waals surface area contributed by atoms with Crippen molar-refractivity contribution in [2.24, 2.45) is 5.92 Å². The number of carboxylic acid groups (broad SMARTS) is 1. The highest BCUT2D eigenvalue weighted by Crippen LogP contribution is 2.32. The van der Waals surface area contributed by atoms with Crippen LogP contribution in [-0.4, -0.2) is 32.1 Å². The molecule has 158 valence electrons. The molecule has 0 spiro atoms. The number of ether oxygens (including phenoxy) is 1. The van der Waals surface area contributed by atoms with E-state index in [1.54, 1.807) is 48.7 Å². The second-order valence-corrected chi connectivity index (χ2v) is 7.76. The maximum Gasteiger partial charge on any atom is 0.306 e. The molecular weight excluding hydrogens is 411 g/mol. The SMILES string of the molecule is N#Cc1ccc2nc(-c3ccc(-c4ccc(O[C@H]5C[C@@H](C(=O)O)C5)nc4)cc3F)[nH]c2c1. The lowest BCUT2D eigenvalue weighted by Crippen LogP contribution is -2.38. The van der Waals surface area contributed by atoms with Crippen molar-refractivity contribution in [2.45, 2.75) is 18.9 Å². The molecule has 0 amide bonds. The molecule has 1 aliphatic rings. The fraction of sp³-hybridized carbons (Fsp3) is 0.167. The first-order valence-electron chi connectivity index (χ1n) is 10.1. The first kappa shape index (κ1) is 19.7. The predicted octanol–water partition coefficient (Wildman–Crippen LogP) is 4.54. The van der Waals surface area contributed by atoms with Gasteiger partial charge in [0.2, 0.25) is 5.88 Å². The molecule has 0 radical (unpaired) electrons. The molecule has 32 heavy (non-hydrogen) atoms. The molecule has 1 saturated carbocycles. The molecule has 0 aliphatic heterocycles. The van der Waals surface area contributed by atoms with Crippen molar-refractivity contribution in [1.82, 2.24) is 15.0 Å². The van der Waals surface area contributed by atoms with Crippen LogP contribution in [0.25, 0.3) is 33.5 Å². The van der Waals surface area contributed by atoms with Gasteiger partial charge in [-0.05, 0) is 54.8 Å². The van der Waals surface area contributed by atoms with Crippen LogP contribution in [0.15, 0.2) is 54.7 Å². The molecule has 1 fully saturated rings. The number of carboxylic acids is 1. The van der Waals surface area contributed by atoms with Gasteiger partial charge in [0.1, 0.15) is 17.7 Å². The molecular formula is C24H17FN4O3. The minimum Gasteiger partial charge on any atom is -0.481 e. The molecule has 0 bridgehead atoms. The number of halogens is 1. The fourth-order valence-corrected chi connectivity index (χ4v) is 3.75. The third-order valence-electron chi connectivity index (χ3n) is 5.64. The molecule has 4 aromatic rings. The summed E-state index contributed by atoms with van der Waals surface area (Å²) in [5.74, 6) is -0.773. The van der Waals surface area contributed by atoms with E-state index in [0.717, 1.165) is 5.56 Å². The number of imidazole rings is 1. The van der Waals surface area contributed by atoms with Crippen molar-refractivity contribution in [1.29, 1.82) is 5.26 Å². The number of aromatic nitrogens is 3. The number of carbonyl (C=O) groups is 1. The summed E-state index contributed by atoms with van der Waals surface area (Å²) in [5.41, 5.74) is 3.54. The van der Waals surface area contributed by atoms with Crippen molar-refractivity contribution in [2.75, 3.05) is 0 Å². The first-order chi connectivity index (χ1) is 15.5. The molecule has 7 nitrogen and oxygen atoms in total. The number of nitriles is 1. The zero-order chi connectivity index (χ0) is 22.2. The Morgan fingerprint density at radius 1 is 1.16 bits per heavy atom. The lowest BCUT2D eigenvalue weighted by Gasteiger charge is -2.31. The Morgan fingerprint density at radius 2 is 1.97 bits per heavy atom. The largest absolute Gasteiger partial charge is 0.481 e. The van der Waals surface area contributed by atoms with Crippen molar-refractivity contribution in [3.05, 3.63) is 66.1 Å². The molecule has 2 aromatic heterocycles. The van der Waals surface area contributed by atoms with E-state index in [2.05, 4.69) is 21.0 Å². The molecule has 2 aromatic carbocycles. The summed E-state index contributed by atoms with van der Waals surface area (Å²) in [7, 11) is 0. The molecule has 8 heteroatoms. The van der Waals surface area contributed by atoms with Crippen LogP contribution in [0.5, 0.6) is 5.88 Å². The number of nitrogens with one attached hydrogen (secondary N) is 1. The normalized spacial score (nSPS) is 17.5. The van der Waals surface area contributed by atoms with Crippen LogP contribution < -0.4 is 4.74 Å². The highest BCUT2D eigenvalue weighted by atomic mass is 19.1. The maximum atomic E-state index is 14.9. The Morgan fingerprint density at radius 3 is 2.66 bits per heavy atom. The summed E-state index contributed by atoms with van der Waals surface area (Å²) in [4.78, 5) is 22.6. The van der Waals surface area contributed by atoms with Gasteiger partial charge in [0.25, 0.3) is 0 Å². The Hall–Kier alpha value is -4.25. The zero-order valence-corrected chi connectivity index (χ0v) is 16.7. The van der Waals surface area contributed by atoms with Crippen molar-refractivity contribution in [3.8, 4) is 34.5 Å². The number of H-pyrrole nitrogens is 1.